The molecule has 0 nitrogen and oxygen atoms in total. The number of rotatable bonds is 0. The van der Waals surface area contributed by atoms with E-state index in [1.807, 2.05) is 0 Å². The molecular weight excluding hydrogens is 214 g/mol. The Labute approximate surface area is 80.1 Å². The second-order valence-electron chi connectivity index (χ2n) is 2.25. The van der Waals surface area contributed by atoms with E-state index in [-0.39, 0.29) is 10.8 Å². The molecule has 0 aromatic rings. The zero-order chi connectivity index (χ0) is 7.72. The van der Waals surface area contributed by atoms with Crippen molar-refractivity contribution in [3.05, 3.63) is 10.1 Å². The Bertz CT molecular complexity index is 145. The highest BCUT2D eigenvalue weighted by Crippen LogP contribution is 2.35. The summed E-state index contributed by atoms with van der Waals surface area (Å²) in [4.78, 5) is 0. The lowest BCUT2D eigenvalue weighted by Gasteiger charge is -2.21. The molecule has 2 unspecified atom stereocenters. The van der Waals surface area contributed by atoms with Crippen molar-refractivity contribution in [3.63, 3.8) is 0 Å². The van der Waals surface area contributed by atoms with Crippen LogP contribution in [0.1, 0.15) is 12.8 Å². The van der Waals surface area contributed by atoms with Gasteiger partial charge in [-0.05, 0) is 0 Å². The Kier molecular flexibility index (Phi) is 3.18. The van der Waals surface area contributed by atoms with Gasteiger partial charge in [-0.1, -0.05) is 23.2 Å². The van der Waals surface area contributed by atoms with E-state index in [1.165, 1.54) is 0 Å². The fraction of sp³-hybridized carbons (Fsp3) is 0.667. The smallest absolute Gasteiger partial charge is 0.0552 e. The molecule has 0 heterocycles. The van der Waals surface area contributed by atoms with E-state index in [1.54, 1.807) is 0 Å². The maximum atomic E-state index is 5.82. The summed E-state index contributed by atoms with van der Waals surface area (Å²) >= 11 is 23.1. The maximum Gasteiger partial charge on any atom is 0.0552 e. The van der Waals surface area contributed by atoms with Crippen molar-refractivity contribution in [3.8, 4) is 0 Å². The molecule has 0 fully saturated rings. The maximum absolute atomic E-state index is 5.82. The van der Waals surface area contributed by atoms with E-state index in [0.29, 0.717) is 22.9 Å². The molecule has 1 aliphatic carbocycles. The first-order valence-corrected chi connectivity index (χ1v) is 4.55. The Morgan fingerprint density at radius 1 is 0.900 bits per heavy atom. The molecular formula is C6H6Cl4. The second-order valence-corrected chi connectivity index (χ2v) is 4.28. The fourth-order valence-electron chi connectivity index (χ4n) is 0.820. The van der Waals surface area contributed by atoms with Crippen LogP contribution in [-0.4, -0.2) is 10.8 Å². The van der Waals surface area contributed by atoms with Crippen molar-refractivity contribution in [2.75, 3.05) is 0 Å². The van der Waals surface area contributed by atoms with Gasteiger partial charge in [-0.2, -0.15) is 0 Å². The molecule has 0 bridgehead atoms. The van der Waals surface area contributed by atoms with Gasteiger partial charge in [0.15, 0.2) is 0 Å². The number of allylic oxidation sites excluding steroid dienone is 2. The molecule has 0 aromatic heterocycles. The molecule has 0 N–H and O–H groups in total. The molecule has 10 heavy (non-hydrogen) atoms. The molecule has 58 valence electrons. The topological polar surface area (TPSA) is 0 Å². The van der Waals surface area contributed by atoms with Crippen molar-refractivity contribution in [1.29, 1.82) is 0 Å². The predicted molar refractivity (Wildman–Crippen MR) is 47.2 cm³/mol. The summed E-state index contributed by atoms with van der Waals surface area (Å²) in [5, 5.41) is 1.16. The van der Waals surface area contributed by atoms with Crippen LogP contribution < -0.4 is 0 Å². The third-order valence-corrected chi connectivity index (χ3v) is 3.34. The zero-order valence-corrected chi connectivity index (χ0v) is 8.10. The van der Waals surface area contributed by atoms with E-state index < -0.39 is 0 Å². The van der Waals surface area contributed by atoms with Gasteiger partial charge < -0.3 is 0 Å². The van der Waals surface area contributed by atoms with Crippen LogP contribution in [0.5, 0.6) is 0 Å². The molecule has 2 atom stereocenters. The van der Waals surface area contributed by atoms with E-state index in [0.717, 1.165) is 0 Å². The molecule has 0 amide bonds. The summed E-state index contributed by atoms with van der Waals surface area (Å²) in [6, 6.07) is 0. The summed E-state index contributed by atoms with van der Waals surface area (Å²) in [6.07, 6.45) is 1.19. The van der Waals surface area contributed by atoms with E-state index in [9.17, 15) is 0 Å². The second kappa shape index (κ2) is 3.53. The van der Waals surface area contributed by atoms with Gasteiger partial charge in [0.25, 0.3) is 0 Å². The van der Waals surface area contributed by atoms with Gasteiger partial charge in [-0.15, -0.1) is 23.2 Å². The third kappa shape index (κ3) is 1.94. The lowest BCUT2D eigenvalue weighted by molar-refractivity contribution is 0.731. The first-order valence-electron chi connectivity index (χ1n) is 2.92. The highest BCUT2D eigenvalue weighted by Gasteiger charge is 2.25. The lowest BCUT2D eigenvalue weighted by Crippen LogP contribution is -2.19. The highest BCUT2D eigenvalue weighted by atomic mass is 35.5. The summed E-state index contributed by atoms with van der Waals surface area (Å²) < 4.78 is 0. The summed E-state index contributed by atoms with van der Waals surface area (Å²) in [5.41, 5.74) is 0. The lowest BCUT2D eigenvalue weighted by atomic mass is 10.1. The Morgan fingerprint density at radius 2 is 1.20 bits per heavy atom. The van der Waals surface area contributed by atoms with E-state index >= 15 is 0 Å². The van der Waals surface area contributed by atoms with Gasteiger partial charge >= 0.3 is 0 Å². The Morgan fingerprint density at radius 3 is 1.50 bits per heavy atom. The quantitative estimate of drug-likeness (QED) is 0.546. The van der Waals surface area contributed by atoms with Gasteiger partial charge in [-0.3, -0.25) is 0 Å². The van der Waals surface area contributed by atoms with Crippen molar-refractivity contribution in [1.82, 2.24) is 0 Å². The normalized spacial score (nSPS) is 34.8. The van der Waals surface area contributed by atoms with Crippen LogP contribution in [0.25, 0.3) is 0 Å². The van der Waals surface area contributed by atoms with Crippen molar-refractivity contribution < 1.29 is 0 Å². The minimum absolute atomic E-state index is 0.0725. The average molecular weight is 220 g/mol. The number of alkyl halides is 2. The molecule has 0 radical (unpaired) electrons. The van der Waals surface area contributed by atoms with Crippen LogP contribution in [0.4, 0.5) is 0 Å². The first kappa shape index (κ1) is 8.99. The van der Waals surface area contributed by atoms with E-state index in [2.05, 4.69) is 0 Å². The van der Waals surface area contributed by atoms with Crippen LogP contribution in [0.15, 0.2) is 10.1 Å². The number of hydrogen-bond donors (Lipinski definition) is 0. The fourth-order valence-corrected chi connectivity index (χ4v) is 1.95. The molecule has 1 rings (SSSR count). The van der Waals surface area contributed by atoms with Crippen molar-refractivity contribution in [2.24, 2.45) is 0 Å². The van der Waals surface area contributed by atoms with Gasteiger partial charge in [0.1, 0.15) is 0 Å². The predicted octanol–water partition coefficient (Wildman–Crippen LogP) is 3.68. The van der Waals surface area contributed by atoms with Crippen LogP contribution >= 0.6 is 46.4 Å². The molecule has 0 aliphatic heterocycles. The first-order chi connectivity index (χ1) is 4.61. The molecule has 0 saturated heterocycles. The molecule has 0 aromatic carbocycles. The summed E-state index contributed by atoms with van der Waals surface area (Å²) in [5.74, 6) is 0. The van der Waals surface area contributed by atoms with E-state index in [4.69, 9.17) is 46.4 Å². The van der Waals surface area contributed by atoms with Gasteiger partial charge in [0.2, 0.25) is 0 Å². The largest absolute Gasteiger partial charge is 0.121 e. The highest BCUT2D eigenvalue weighted by molar-refractivity contribution is 6.41. The standard InChI is InChI=1S/C6H6Cl4/c7-3-1-4(8)6(10)2-5(3)9/h3,5H,1-2H2. The van der Waals surface area contributed by atoms with Crippen LogP contribution in [0.2, 0.25) is 0 Å². The molecule has 0 saturated carbocycles. The Balaban J connectivity index is 2.69. The van der Waals surface area contributed by atoms with Gasteiger partial charge in [0.05, 0.1) is 10.8 Å². The monoisotopic (exact) mass is 218 g/mol. The number of hydrogen-bond acceptors (Lipinski definition) is 0. The SMILES string of the molecule is ClC1=C(Cl)CC(Cl)C(Cl)C1. The Hall–Kier alpha value is 0.900. The van der Waals surface area contributed by atoms with Crippen LogP contribution in [-0.2, 0) is 0 Å². The minimum atomic E-state index is -0.0725. The van der Waals surface area contributed by atoms with Crippen molar-refractivity contribution >= 4 is 46.4 Å². The van der Waals surface area contributed by atoms with Crippen LogP contribution in [0, 0.1) is 0 Å². The van der Waals surface area contributed by atoms with Crippen molar-refractivity contribution in [2.45, 2.75) is 23.6 Å². The average Bonchev–Trinajstić information content (AvgIpc) is 1.84. The summed E-state index contributed by atoms with van der Waals surface area (Å²) in [7, 11) is 0. The van der Waals surface area contributed by atoms with Gasteiger partial charge in [-0.25, -0.2) is 0 Å². The minimum Gasteiger partial charge on any atom is -0.121 e. The molecule has 1 aliphatic rings. The molecule has 4 heteroatoms. The zero-order valence-electron chi connectivity index (χ0n) is 5.08. The third-order valence-electron chi connectivity index (χ3n) is 1.44. The summed E-state index contributed by atoms with van der Waals surface area (Å²) in [6.45, 7) is 0. The molecule has 0 spiro atoms. The number of halogens is 4. The van der Waals surface area contributed by atoms with Crippen LogP contribution in [0.3, 0.4) is 0 Å². The van der Waals surface area contributed by atoms with Gasteiger partial charge in [0, 0.05) is 22.9 Å².